The summed E-state index contributed by atoms with van der Waals surface area (Å²) < 4.78 is 67.5. The summed E-state index contributed by atoms with van der Waals surface area (Å²) in [6.45, 7) is 8.44. The number of hydrogen-bond acceptors (Lipinski definition) is 8. The van der Waals surface area contributed by atoms with Crippen molar-refractivity contribution < 1.29 is 42.3 Å². The van der Waals surface area contributed by atoms with Gasteiger partial charge in [0.15, 0.2) is 0 Å². The Hall–Kier alpha value is -6.40. The molecule has 68 heavy (non-hydrogen) atoms. The van der Waals surface area contributed by atoms with Gasteiger partial charge in [-0.05, 0) is 138 Å². The van der Waals surface area contributed by atoms with Crippen LogP contribution in [0.5, 0.6) is 34.5 Å². The van der Waals surface area contributed by atoms with Crippen molar-refractivity contribution in [2.45, 2.75) is 26.1 Å². The minimum absolute atomic E-state index is 0.0482. The van der Waals surface area contributed by atoms with Crippen LogP contribution >= 0.6 is 11.6 Å². The summed E-state index contributed by atoms with van der Waals surface area (Å²) in [5.74, 6) is 2.39. The first-order valence-corrected chi connectivity index (χ1v) is 23.4. The Morgan fingerprint density at radius 2 is 1.21 bits per heavy atom. The third-order valence-corrected chi connectivity index (χ3v) is 13.8. The number of rotatable bonds is 15. The third-order valence-electron chi connectivity index (χ3n) is 13.5. The molecule has 2 N–H and O–H groups in total. The van der Waals surface area contributed by atoms with E-state index in [0.717, 1.165) is 80.9 Å². The lowest BCUT2D eigenvalue weighted by atomic mass is 9.84. The van der Waals surface area contributed by atoms with Crippen LogP contribution in [-0.2, 0) is 0 Å². The van der Waals surface area contributed by atoms with Gasteiger partial charge >= 0.3 is 0 Å². The van der Waals surface area contributed by atoms with Crippen molar-refractivity contribution in [3.05, 3.63) is 166 Å². The van der Waals surface area contributed by atoms with Crippen molar-refractivity contribution in [2.24, 2.45) is 11.8 Å². The van der Waals surface area contributed by atoms with E-state index in [1.807, 2.05) is 74.5 Å². The van der Waals surface area contributed by atoms with Gasteiger partial charge in [-0.1, -0.05) is 41.9 Å². The van der Waals surface area contributed by atoms with Gasteiger partial charge in [0.05, 0.1) is 13.3 Å². The zero-order chi connectivity index (χ0) is 47.1. The van der Waals surface area contributed by atoms with Gasteiger partial charge in [-0.15, -0.1) is 0 Å². The van der Waals surface area contributed by atoms with E-state index in [-0.39, 0.29) is 42.5 Å². The van der Waals surface area contributed by atoms with E-state index in [2.05, 4.69) is 15.9 Å². The topological polar surface area (TPSA) is 83.9 Å². The van der Waals surface area contributed by atoms with Crippen molar-refractivity contribution in [3.63, 3.8) is 0 Å². The highest BCUT2D eigenvalue weighted by molar-refractivity contribution is 6.31. The number of hydrogen-bond donors (Lipinski definition) is 2. The lowest BCUT2D eigenvalue weighted by Crippen LogP contribution is -2.49. The molecule has 0 aliphatic carbocycles. The van der Waals surface area contributed by atoms with Gasteiger partial charge in [0.1, 0.15) is 65.7 Å². The Morgan fingerprint density at radius 3 is 1.93 bits per heavy atom. The van der Waals surface area contributed by atoms with Gasteiger partial charge in [0.2, 0.25) is 0 Å². The summed E-state index contributed by atoms with van der Waals surface area (Å²) in [6.07, 6.45) is -1.29. The molecule has 2 saturated heterocycles. The van der Waals surface area contributed by atoms with Crippen molar-refractivity contribution in [1.29, 1.82) is 0 Å². The minimum Gasteiger partial charge on any atom is -0.508 e. The van der Waals surface area contributed by atoms with Gasteiger partial charge in [0.25, 0.3) is 0 Å². The second-order valence-electron chi connectivity index (χ2n) is 18.3. The van der Waals surface area contributed by atoms with Crippen LogP contribution in [0, 0.1) is 17.7 Å². The summed E-state index contributed by atoms with van der Waals surface area (Å²) >= 11 is 7.15. The maximum Gasteiger partial charge on any atom is 0.150 e. The summed E-state index contributed by atoms with van der Waals surface area (Å²) in [5, 5.41) is 21.7. The van der Waals surface area contributed by atoms with Gasteiger partial charge in [-0.25, -0.2) is 4.39 Å². The SMILES string of the molecule is CC1=C(c2cccc(F)c2)[C@@H](c2ccc(OCCN3CC(CF)C3)c(-c3cc(Cl)cc(C4=C(C)c5cc(O)ccc5O[C@@H]4c4ccc(OCCN5CC(CF)C5)cc4)c3)c2)Oc2cc(O)ccc21. The lowest BCUT2D eigenvalue weighted by molar-refractivity contribution is 0.0668. The highest BCUT2D eigenvalue weighted by Gasteiger charge is 2.33. The maximum absolute atomic E-state index is 14.9. The summed E-state index contributed by atoms with van der Waals surface area (Å²) in [5.41, 5.74) is 9.49. The molecule has 0 unspecified atom stereocenters. The molecule has 4 aliphatic heterocycles. The number of aromatic hydroxyl groups is 2. The third kappa shape index (κ3) is 9.27. The zero-order valence-corrected chi connectivity index (χ0v) is 38.6. The zero-order valence-electron chi connectivity index (χ0n) is 37.9. The van der Waals surface area contributed by atoms with E-state index >= 15 is 0 Å². The molecular formula is C56H52ClF3N2O6. The second kappa shape index (κ2) is 19.3. The van der Waals surface area contributed by atoms with Crippen LogP contribution in [0.4, 0.5) is 13.2 Å². The molecule has 350 valence electrons. The van der Waals surface area contributed by atoms with Gasteiger partial charge < -0.3 is 29.2 Å². The van der Waals surface area contributed by atoms with Crippen LogP contribution in [0.15, 0.2) is 121 Å². The monoisotopic (exact) mass is 940 g/mol. The molecule has 0 spiro atoms. The molecule has 12 heteroatoms. The van der Waals surface area contributed by atoms with Crippen molar-refractivity contribution in [2.75, 3.05) is 65.8 Å². The van der Waals surface area contributed by atoms with Crippen LogP contribution in [0.3, 0.4) is 0 Å². The average molecular weight is 941 g/mol. The molecule has 0 aromatic heterocycles. The van der Waals surface area contributed by atoms with Crippen molar-refractivity contribution in [1.82, 2.24) is 9.80 Å². The number of phenols is 2. The van der Waals surface area contributed by atoms with Crippen LogP contribution in [0.1, 0.15) is 59.4 Å². The van der Waals surface area contributed by atoms with Crippen LogP contribution in [-0.4, -0.2) is 85.8 Å². The number of ether oxygens (including phenoxy) is 4. The molecule has 8 nitrogen and oxygen atoms in total. The maximum atomic E-state index is 14.9. The number of likely N-dealkylation sites (tertiary alicyclic amines) is 2. The van der Waals surface area contributed by atoms with Gasteiger partial charge in [-0.2, -0.15) is 0 Å². The quantitative estimate of drug-likeness (QED) is 0.105. The highest BCUT2D eigenvalue weighted by atomic mass is 35.5. The number of halogens is 4. The van der Waals surface area contributed by atoms with E-state index in [9.17, 15) is 23.4 Å². The predicted octanol–water partition coefficient (Wildman–Crippen LogP) is 12.2. The standard InChI is InChI=1S/C56H52ClF3N2O6/c1-33-47-13-9-45(64)26-52(47)68-56(53(33)38-4-3-5-43(60)23-38)39-8-14-50(66-19-17-62-31-36(28-59)32-62)49(24-39)40-20-41(22-42(57)21-40)54-34(2)48-25-44(63)10-15-51(48)67-55(54)37-6-11-46(12-7-37)65-18-16-61-29-35(27-58)30-61/h3-15,20-26,35-36,55-56,63-64H,16-19,27-32H2,1-2H3/t55-,56-/m1/s1. The molecule has 4 heterocycles. The first kappa shape index (κ1) is 45.4. The molecule has 10 rings (SSSR count). The summed E-state index contributed by atoms with van der Waals surface area (Å²) in [6, 6.07) is 36.1. The van der Waals surface area contributed by atoms with E-state index in [0.29, 0.717) is 66.4 Å². The fourth-order valence-corrected chi connectivity index (χ4v) is 10.2. The Morgan fingerprint density at radius 1 is 0.588 bits per heavy atom. The fourth-order valence-electron chi connectivity index (χ4n) is 9.94. The number of alkyl halides is 2. The Labute approximate surface area is 399 Å². The summed E-state index contributed by atoms with van der Waals surface area (Å²) in [4.78, 5) is 4.35. The minimum atomic E-state index is -0.710. The smallest absolute Gasteiger partial charge is 0.150 e. The molecule has 4 aliphatic rings. The molecule has 0 radical (unpaired) electrons. The van der Waals surface area contributed by atoms with E-state index < -0.39 is 12.2 Å². The molecule has 2 atom stereocenters. The van der Waals surface area contributed by atoms with Crippen LogP contribution in [0.2, 0.25) is 5.02 Å². The largest absolute Gasteiger partial charge is 0.508 e. The highest BCUT2D eigenvalue weighted by Crippen LogP contribution is 2.51. The number of fused-ring (bicyclic) bond motifs is 2. The first-order chi connectivity index (χ1) is 33.0. The molecule has 0 bridgehead atoms. The number of benzene rings is 6. The fraction of sp³-hybridized carbons (Fsp3) is 0.286. The molecule has 6 aromatic carbocycles. The number of allylic oxidation sites excluding steroid dienone is 2. The summed E-state index contributed by atoms with van der Waals surface area (Å²) in [7, 11) is 0. The predicted molar refractivity (Wildman–Crippen MR) is 260 cm³/mol. The average Bonchev–Trinajstić information content (AvgIpc) is 3.30. The molecular weight excluding hydrogens is 889 g/mol. The Bertz CT molecular complexity index is 2910. The number of nitrogens with zero attached hydrogens (tertiary/aromatic N) is 2. The molecule has 0 saturated carbocycles. The van der Waals surface area contributed by atoms with Crippen molar-refractivity contribution >= 4 is 33.9 Å². The molecule has 0 amide bonds. The Balaban J connectivity index is 1.04. The van der Waals surface area contributed by atoms with E-state index in [1.54, 1.807) is 42.5 Å². The van der Waals surface area contributed by atoms with E-state index in [1.165, 1.54) is 12.1 Å². The molecule has 6 aromatic rings. The number of phenolic OH excluding ortho intramolecular Hbond substituents is 2. The van der Waals surface area contributed by atoms with Crippen LogP contribution < -0.4 is 18.9 Å². The first-order valence-electron chi connectivity index (χ1n) is 23.1. The van der Waals surface area contributed by atoms with Crippen LogP contribution in [0.25, 0.3) is 33.4 Å². The second-order valence-corrected chi connectivity index (χ2v) is 18.7. The lowest BCUT2D eigenvalue weighted by Gasteiger charge is -2.37. The molecule has 2 fully saturated rings. The van der Waals surface area contributed by atoms with Crippen molar-refractivity contribution in [3.8, 4) is 45.6 Å². The normalized spacial score (nSPS) is 18.6. The van der Waals surface area contributed by atoms with E-state index in [4.69, 9.17) is 30.5 Å². The van der Waals surface area contributed by atoms with Gasteiger partial charge in [-0.3, -0.25) is 18.6 Å². The Kier molecular flexibility index (Phi) is 12.9. The van der Waals surface area contributed by atoms with Gasteiger partial charge in [0, 0.05) is 90.0 Å².